The molecule has 3 aromatic rings. The summed E-state index contributed by atoms with van der Waals surface area (Å²) < 4.78 is 46.8. The Morgan fingerprint density at radius 1 is 1.18 bits per heavy atom. The average Bonchev–Trinajstić information content (AvgIpc) is 3.30. The maximum Gasteiger partial charge on any atom is 0.490 e. The number of amides is 1. The molecule has 10 nitrogen and oxygen atoms in total. The monoisotopic (exact) mass is 584 g/mol. The molecule has 0 bridgehead atoms. The summed E-state index contributed by atoms with van der Waals surface area (Å²) in [5, 5.41) is 13.1. The van der Waals surface area contributed by atoms with Crippen LogP contribution in [0.3, 0.4) is 0 Å². The molecule has 0 aliphatic carbocycles. The second kappa shape index (κ2) is 12.3. The third-order valence-corrected chi connectivity index (χ3v) is 6.21. The van der Waals surface area contributed by atoms with Gasteiger partial charge >= 0.3 is 12.1 Å². The van der Waals surface area contributed by atoms with Crippen molar-refractivity contribution < 1.29 is 32.3 Å². The number of carboxylic acid groups (broad SMARTS) is 1. The molecule has 5 N–H and O–H groups in total. The fourth-order valence-electron chi connectivity index (χ4n) is 4.06. The number of pyridine rings is 1. The van der Waals surface area contributed by atoms with Crippen molar-refractivity contribution >= 4 is 35.1 Å². The van der Waals surface area contributed by atoms with Crippen molar-refractivity contribution in [1.82, 2.24) is 19.9 Å². The Kier molecular flexibility index (Phi) is 9.35. The number of nitrogens with one attached hydrogen (secondary N) is 2. The molecule has 214 valence electrons. The lowest BCUT2D eigenvalue weighted by atomic mass is 10.1. The highest BCUT2D eigenvalue weighted by Gasteiger charge is 2.38. The molecule has 1 atom stereocenters. The average molecular weight is 585 g/mol. The maximum absolute atomic E-state index is 13.7. The number of fused-ring (bicyclic) bond motifs is 1. The molecule has 0 radical (unpaired) electrons. The number of rotatable bonds is 6. The van der Waals surface area contributed by atoms with Crippen LogP contribution in [0, 0.1) is 19.7 Å². The van der Waals surface area contributed by atoms with E-state index in [9.17, 15) is 27.2 Å². The number of carbonyl (C=O) groups is 2. The van der Waals surface area contributed by atoms with Crippen LogP contribution in [-0.2, 0) is 29.1 Å². The molecule has 0 unspecified atom stereocenters. The zero-order valence-electron chi connectivity index (χ0n) is 21.3. The first-order chi connectivity index (χ1) is 18.7. The number of benzene rings is 1. The zero-order chi connectivity index (χ0) is 29.8. The van der Waals surface area contributed by atoms with Gasteiger partial charge in [0, 0.05) is 18.8 Å². The highest BCUT2D eigenvalue weighted by atomic mass is 35.5. The van der Waals surface area contributed by atoms with Gasteiger partial charge in [0.2, 0.25) is 5.91 Å². The van der Waals surface area contributed by atoms with Crippen LogP contribution in [0.5, 0.6) is 0 Å². The second-order valence-electron chi connectivity index (χ2n) is 8.92. The van der Waals surface area contributed by atoms with Gasteiger partial charge in [-0.15, -0.1) is 0 Å². The lowest BCUT2D eigenvalue weighted by molar-refractivity contribution is -0.192. The number of aliphatic carboxylic acids is 1. The molecule has 0 spiro atoms. The third-order valence-electron chi connectivity index (χ3n) is 5.90. The number of nitrogens with two attached hydrogens (primary N) is 1. The van der Waals surface area contributed by atoms with Crippen LogP contribution in [0.25, 0.3) is 0 Å². The van der Waals surface area contributed by atoms with Gasteiger partial charge in [-0.2, -0.15) is 13.2 Å². The Morgan fingerprint density at radius 3 is 2.45 bits per heavy atom. The molecule has 0 fully saturated rings. The molecular formula is C25H25ClF4N6O4. The quantitative estimate of drug-likeness (QED) is 0.320. The minimum Gasteiger partial charge on any atom is -0.475 e. The van der Waals surface area contributed by atoms with Crippen molar-refractivity contribution in [3.63, 3.8) is 0 Å². The minimum absolute atomic E-state index is 0.0175. The van der Waals surface area contributed by atoms with Gasteiger partial charge in [-0.1, -0.05) is 23.7 Å². The lowest BCUT2D eigenvalue weighted by Crippen LogP contribution is -2.36. The highest BCUT2D eigenvalue weighted by molar-refractivity contribution is 6.30. The van der Waals surface area contributed by atoms with Crippen LogP contribution in [0.15, 0.2) is 35.1 Å². The van der Waals surface area contributed by atoms with Gasteiger partial charge in [-0.25, -0.2) is 19.2 Å². The molecule has 2 aromatic heterocycles. The topological polar surface area (TPSA) is 152 Å². The van der Waals surface area contributed by atoms with Crippen LogP contribution in [0.4, 0.5) is 29.2 Å². The van der Waals surface area contributed by atoms with Gasteiger partial charge in [0.1, 0.15) is 17.7 Å². The van der Waals surface area contributed by atoms with Gasteiger partial charge in [0.15, 0.2) is 11.0 Å². The molecule has 40 heavy (non-hydrogen) atoms. The standard InChI is InChI=1S/C23H24ClFN6O2.C2HF3O2/c1-12-7-14(9-16(25)8-12)10-27-21-23(33)31-17(20(24)30-21)4-5-18(31)22(32)28-11-15-3-6-19(26)29-13(15)2;3-2(4,5)1(6)7/h3,6-9,18H,4-5,10-11H2,1-2H3,(H2,26,29)(H,27,30)(H,28,32);(H,6,7)/t18-;/m0./s1. The Bertz CT molecular complexity index is 1480. The summed E-state index contributed by atoms with van der Waals surface area (Å²) in [7, 11) is 0. The zero-order valence-corrected chi connectivity index (χ0v) is 22.0. The van der Waals surface area contributed by atoms with Gasteiger partial charge in [0.05, 0.1) is 5.69 Å². The Labute approximate surface area is 230 Å². The SMILES string of the molecule is Cc1cc(F)cc(CNc2nc(Cl)c3n(c2=O)[C@H](C(=O)NCc2ccc(N)nc2C)CC3)c1.O=C(O)C(F)(F)F. The molecule has 4 rings (SSSR count). The number of aryl methyl sites for hydroxylation is 2. The first kappa shape index (κ1) is 30.3. The number of nitrogens with zero attached hydrogens (tertiary/aromatic N) is 3. The molecular weight excluding hydrogens is 560 g/mol. The van der Waals surface area contributed by atoms with E-state index in [0.717, 1.165) is 16.8 Å². The van der Waals surface area contributed by atoms with E-state index in [-0.39, 0.29) is 35.8 Å². The number of aromatic nitrogens is 3. The first-order valence-electron chi connectivity index (χ1n) is 11.8. The molecule has 3 heterocycles. The van der Waals surface area contributed by atoms with E-state index in [1.165, 1.54) is 16.7 Å². The summed E-state index contributed by atoms with van der Waals surface area (Å²) in [5.74, 6) is -2.97. The Balaban J connectivity index is 0.000000559. The van der Waals surface area contributed by atoms with Gasteiger partial charge in [-0.3, -0.25) is 14.2 Å². The van der Waals surface area contributed by atoms with E-state index in [1.807, 2.05) is 19.1 Å². The van der Waals surface area contributed by atoms with Crippen LogP contribution < -0.4 is 21.9 Å². The fraction of sp³-hybridized carbons (Fsp3) is 0.320. The molecule has 0 saturated heterocycles. The van der Waals surface area contributed by atoms with E-state index < -0.39 is 23.7 Å². The maximum atomic E-state index is 13.7. The number of hydrogen-bond acceptors (Lipinski definition) is 7. The van der Waals surface area contributed by atoms with Crippen molar-refractivity contribution in [3.8, 4) is 0 Å². The van der Waals surface area contributed by atoms with Crippen LogP contribution in [0.1, 0.15) is 40.5 Å². The van der Waals surface area contributed by atoms with Crippen LogP contribution in [0.2, 0.25) is 5.15 Å². The first-order valence-corrected chi connectivity index (χ1v) is 12.2. The van der Waals surface area contributed by atoms with Crippen molar-refractivity contribution in [2.24, 2.45) is 0 Å². The lowest BCUT2D eigenvalue weighted by Gasteiger charge is -2.17. The summed E-state index contributed by atoms with van der Waals surface area (Å²) in [4.78, 5) is 43.4. The highest BCUT2D eigenvalue weighted by Crippen LogP contribution is 2.29. The van der Waals surface area contributed by atoms with Gasteiger partial charge < -0.3 is 21.5 Å². The summed E-state index contributed by atoms with van der Waals surface area (Å²) in [5.41, 5.74) is 8.76. The fourth-order valence-corrected chi connectivity index (χ4v) is 4.33. The van der Waals surface area contributed by atoms with Crippen molar-refractivity contribution in [2.75, 3.05) is 11.1 Å². The molecule has 1 aliphatic heterocycles. The minimum atomic E-state index is -5.08. The Morgan fingerprint density at radius 2 is 1.85 bits per heavy atom. The predicted molar refractivity (Wildman–Crippen MR) is 138 cm³/mol. The normalized spacial score (nSPS) is 14.1. The number of hydrogen-bond donors (Lipinski definition) is 4. The van der Waals surface area contributed by atoms with Crippen molar-refractivity contribution in [3.05, 3.63) is 79.7 Å². The Hall–Kier alpha value is -4.20. The molecule has 1 aliphatic rings. The third kappa shape index (κ3) is 7.46. The summed E-state index contributed by atoms with van der Waals surface area (Å²) >= 11 is 6.33. The number of anilines is 2. The van der Waals surface area contributed by atoms with E-state index in [4.69, 9.17) is 27.2 Å². The molecule has 0 saturated carbocycles. The predicted octanol–water partition coefficient (Wildman–Crippen LogP) is 3.68. The second-order valence-corrected chi connectivity index (χ2v) is 9.28. The van der Waals surface area contributed by atoms with Gasteiger partial charge in [0.25, 0.3) is 5.56 Å². The number of carbonyl (C=O) groups excluding carboxylic acids is 1. The summed E-state index contributed by atoms with van der Waals surface area (Å²) in [6.07, 6.45) is -4.18. The molecule has 1 aromatic carbocycles. The number of halogens is 5. The van der Waals surface area contributed by atoms with E-state index in [2.05, 4.69) is 20.6 Å². The van der Waals surface area contributed by atoms with E-state index in [1.54, 1.807) is 13.0 Å². The van der Waals surface area contributed by atoms with Crippen molar-refractivity contribution in [2.45, 2.75) is 52.0 Å². The molecule has 15 heteroatoms. The van der Waals surface area contributed by atoms with E-state index in [0.29, 0.717) is 29.9 Å². The molecule has 1 amide bonds. The van der Waals surface area contributed by atoms with Crippen LogP contribution in [-0.4, -0.2) is 37.7 Å². The smallest absolute Gasteiger partial charge is 0.475 e. The number of alkyl halides is 3. The number of nitrogen functional groups attached to an aromatic ring is 1. The largest absolute Gasteiger partial charge is 0.490 e. The summed E-state index contributed by atoms with van der Waals surface area (Å²) in [6.45, 7) is 4.06. The van der Waals surface area contributed by atoms with Crippen LogP contribution >= 0.6 is 11.6 Å². The van der Waals surface area contributed by atoms with Gasteiger partial charge in [-0.05, 0) is 61.6 Å². The van der Waals surface area contributed by atoms with Crippen molar-refractivity contribution in [1.29, 1.82) is 0 Å². The van der Waals surface area contributed by atoms with E-state index >= 15 is 0 Å². The summed E-state index contributed by atoms with van der Waals surface area (Å²) in [6, 6.07) is 7.40. The number of carboxylic acids is 1.